The van der Waals surface area contributed by atoms with Crippen LogP contribution in [0.2, 0.25) is 0 Å². The predicted molar refractivity (Wildman–Crippen MR) is 96.8 cm³/mol. The summed E-state index contributed by atoms with van der Waals surface area (Å²) in [5.41, 5.74) is 1.79. The fraction of sp³-hybridized carbons (Fsp3) is 0.263. The molecule has 2 atom stereocenters. The summed E-state index contributed by atoms with van der Waals surface area (Å²) in [6.07, 6.45) is 0. The van der Waals surface area contributed by atoms with Crippen LogP contribution in [-0.4, -0.2) is 17.9 Å². The number of halogens is 1. The van der Waals surface area contributed by atoms with Crippen molar-refractivity contribution in [3.63, 3.8) is 0 Å². The number of hydrogen-bond donors (Lipinski definition) is 3. The number of nitrogens with one attached hydrogen (secondary N) is 3. The molecule has 0 aliphatic heterocycles. The first kappa shape index (κ1) is 18.6. The monoisotopic (exact) mass is 343 g/mol. The predicted octanol–water partition coefficient (Wildman–Crippen LogP) is 3.46. The van der Waals surface area contributed by atoms with Crippen LogP contribution in [0.4, 0.5) is 15.8 Å². The highest BCUT2D eigenvalue weighted by Crippen LogP contribution is 2.17. The van der Waals surface area contributed by atoms with Crippen LogP contribution >= 0.6 is 0 Å². The number of carbonyl (C=O) groups excluding carboxylic acids is 2. The van der Waals surface area contributed by atoms with Crippen molar-refractivity contribution in [3.8, 4) is 0 Å². The first-order valence-corrected chi connectivity index (χ1v) is 8.06. The lowest BCUT2D eigenvalue weighted by molar-refractivity contribution is -0.118. The maximum absolute atomic E-state index is 13.8. The van der Waals surface area contributed by atoms with Crippen molar-refractivity contribution in [3.05, 3.63) is 59.9 Å². The van der Waals surface area contributed by atoms with Gasteiger partial charge >= 0.3 is 0 Å². The minimum absolute atomic E-state index is 0.156. The highest BCUT2D eigenvalue weighted by Gasteiger charge is 2.18. The lowest BCUT2D eigenvalue weighted by Gasteiger charge is -2.20. The molecule has 132 valence electrons. The molecule has 0 heterocycles. The first-order valence-electron chi connectivity index (χ1n) is 8.06. The van der Waals surface area contributed by atoms with Crippen LogP contribution in [0.1, 0.15) is 32.4 Å². The van der Waals surface area contributed by atoms with Crippen LogP contribution in [0.3, 0.4) is 0 Å². The van der Waals surface area contributed by atoms with E-state index in [1.807, 2.05) is 6.92 Å². The number of carbonyl (C=O) groups is 2. The Morgan fingerprint density at radius 2 is 1.48 bits per heavy atom. The second-order valence-electron chi connectivity index (χ2n) is 5.88. The highest BCUT2D eigenvalue weighted by atomic mass is 19.1. The lowest BCUT2D eigenvalue weighted by Crippen LogP contribution is -2.39. The zero-order valence-electron chi connectivity index (χ0n) is 14.5. The molecule has 5 nitrogen and oxygen atoms in total. The molecular formula is C19H22FN3O2. The van der Waals surface area contributed by atoms with E-state index >= 15 is 0 Å². The number of rotatable bonds is 6. The number of benzene rings is 2. The van der Waals surface area contributed by atoms with E-state index in [0.29, 0.717) is 16.9 Å². The number of amides is 2. The van der Waals surface area contributed by atoms with E-state index in [9.17, 15) is 14.0 Å². The van der Waals surface area contributed by atoms with Gasteiger partial charge in [-0.3, -0.25) is 14.9 Å². The molecule has 0 spiro atoms. The maximum atomic E-state index is 13.8. The summed E-state index contributed by atoms with van der Waals surface area (Å²) in [6, 6.07) is 12.5. The quantitative estimate of drug-likeness (QED) is 0.752. The van der Waals surface area contributed by atoms with Crippen molar-refractivity contribution in [1.29, 1.82) is 0 Å². The Balaban J connectivity index is 1.93. The second-order valence-corrected chi connectivity index (χ2v) is 5.88. The molecule has 2 amide bonds. The SMILES string of the molecule is CC(=O)Nc1ccc(NC(=O)[C@H](C)N[C@@H](C)c2ccccc2F)cc1. The van der Waals surface area contributed by atoms with Gasteiger partial charge in [0.25, 0.3) is 0 Å². The Kier molecular flexibility index (Phi) is 6.25. The van der Waals surface area contributed by atoms with Gasteiger partial charge in [-0.05, 0) is 44.2 Å². The molecule has 0 fully saturated rings. The fourth-order valence-corrected chi connectivity index (χ4v) is 2.46. The molecule has 2 aromatic rings. The minimum Gasteiger partial charge on any atom is -0.326 e. The van der Waals surface area contributed by atoms with E-state index in [2.05, 4.69) is 16.0 Å². The van der Waals surface area contributed by atoms with Gasteiger partial charge in [0.2, 0.25) is 11.8 Å². The van der Waals surface area contributed by atoms with Gasteiger partial charge in [0.1, 0.15) is 5.82 Å². The average Bonchev–Trinajstić information content (AvgIpc) is 2.56. The molecule has 0 saturated carbocycles. The van der Waals surface area contributed by atoms with Crippen molar-refractivity contribution in [2.75, 3.05) is 10.6 Å². The fourth-order valence-electron chi connectivity index (χ4n) is 2.46. The van der Waals surface area contributed by atoms with Crippen molar-refractivity contribution >= 4 is 23.2 Å². The largest absolute Gasteiger partial charge is 0.326 e. The van der Waals surface area contributed by atoms with Crippen molar-refractivity contribution in [2.45, 2.75) is 32.9 Å². The molecule has 0 aliphatic carbocycles. The molecule has 0 radical (unpaired) electrons. The average molecular weight is 343 g/mol. The molecule has 0 bridgehead atoms. The van der Waals surface area contributed by atoms with Crippen molar-refractivity contribution in [1.82, 2.24) is 5.32 Å². The van der Waals surface area contributed by atoms with E-state index in [1.165, 1.54) is 13.0 Å². The number of hydrogen-bond acceptors (Lipinski definition) is 3. The summed E-state index contributed by atoms with van der Waals surface area (Å²) in [6.45, 7) is 4.96. The topological polar surface area (TPSA) is 70.2 Å². The smallest absolute Gasteiger partial charge is 0.241 e. The van der Waals surface area contributed by atoms with Gasteiger partial charge in [-0.1, -0.05) is 18.2 Å². The molecule has 0 saturated heterocycles. The zero-order valence-corrected chi connectivity index (χ0v) is 14.5. The highest BCUT2D eigenvalue weighted by molar-refractivity contribution is 5.95. The number of anilines is 2. The van der Waals surface area contributed by atoms with Gasteiger partial charge in [-0.2, -0.15) is 0 Å². The summed E-state index contributed by atoms with van der Waals surface area (Å²) in [4.78, 5) is 23.3. The Labute approximate surface area is 146 Å². The van der Waals surface area contributed by atoms with Crippen molar-refractivity contribution in [2.24, 2.45) is 0 Å². The molecule has 2 rings (SSSR count). The Morgan fingerprint density at radius 1 is 0.920 bits per heavy atom. The van der Waals surface area contributed by atoms with Gasteiger partial charge < -0.3 is 10.6 Å². The third kappa shape index (κ3) is 5.39. The molecule has 0 aromatic heterocycles. The van der Waals surface area contributed by atoms with E-state index in [1.54, 1.807) is 49.4 Å². The van der Waals surface area contributed by atoms with Gasteiger partial charge in [-0.25, -0.2) is 4.39 Å². The third-order valence-corrected chi connectivity index (χ3v) is 3.74. The summed E-state index contributed by atoms with van der Waals surface area (Å²) in [5, 5.41) is 8.53. The van der Waals surface area contributed by atoms with E-state index in [0.717, 1.165) is 0 Å². The van der Waals surface area contributed by atoms with Crippen LogP contribution in [0, 0.1) is 5.82 Å². The Morgan fingerprint density at radius 3 is 2.04 bits per heavy atom. The summed E-state index contributed by atoms with van der Waals surface area (Å²) in [7, 11) is 0. The van der Waals surface area contributed by atoms with Crippen LogP contribution in [0.25, 0.3) is 0 Å². The summed E-state index contributed by atoms with van der Waals surface area (Å²) < 4.78 is 13.8. The lowest BCUT2D eigenvalue weighted by atomic mass is 10.1. The van der Waals surface area contributed by atoms with Crippen LogP contribution in [0.5, 0.6) is 0 Å². The van der Waals surface area contributed by atoms with Gasteiger partial charge in [-0.15, -0.1) is 0 Å². The molecule has 0 aliphatic rings. The molecule has 6 heteroatoms. The van der Waals surface area contributed by atoms with E-state index in [-0.39, 0.29) is 23.7 Å². The van der Waals surface area contributed by atoms with Crippen LogP contribution < -0.4 is 16.0 Å². The van der Waals surface area contributed by atoms with E-state index < -0.39 is 6.04 Å². The standard InChI is InChI=1S/C19H22FN3O2/c1-12(17-6-4-5-7-18(17)20)21-13(2)19(25)23-16-10-8-15(9-11-16)22-14(3)24/h4-13,21H,1-3H3,(H,22,24)(H,23,25)/t12-,13-/m0/s1. The van der Waals surface area contributed by atoms with Gasteiger partial charge in [0.15, 0.2) is 0 Å². The Bertz CT molecular complexity index is 747. The van der Waals surface area contributed by atoms with Gasteiger partial charge in [0.05, 0.1) is 6.04 Å². The summed E-state index contributed by atoms with van der Waals surface area (Å²) >= 11 is 0. The van der Waals surface area contributed by atoms with Crippen molar-refractivity contribution < 1.29 is 14.0 Å². The molecular weight excluding hydrogens is 321 g/mol. The normalized spacial score (nSPS) is 13.0. The second kappa shape index (κ2) is 8.39. The summed E-state index contributed by atoms with van der Waals surface area (Å²) in [5.74, 6) is -0.684. The van der Waals surface area contributed by atoms with E-state index in [4.69, 9.17) is 0 Å². The first-order chi connectivity index (χ1) is 11.9. The van der Waals surface area contributed by atoms with Crippen LogP contribution in [0.15, 0.2) is 48.5 Å². The minimum atomic E-state index is -0.510. The van der Waals surface area contributed by atoms with Crippen LogP contribution in [-0.2, 0) is 9.59 Å². The maximum Gasteiger partial charge on any atom is 0.241 e. The zero-order chi connectivity index (χ0) is 18.4. The molecule has 25 heavy (non-hydrogen) atoms. The van der Waals surface area contributed by atoms with Gasteiger partial charge in [0, 0.05) is 29.9 Å². The Hall–Kier alpha value is -2.73. The molecule has 2 aromatic carbocycles. The third-order valence-electron chi connectivity index (χ3n) is 3.74. The molecule has 3 N–H and O–H groups in total. The molecule has 0 unspecified atom stereocenters.